The van der Waals surface area contributed by atoms with Crippen LogP contribution in [-0.2, 0) is 0 Å². The average molecular weight is 245 g/mol. The van der Waals surface area contributed by atoms with Crippen molar-refractivity contribution in [2.24, 2.45) is 0 Å². The van der Waals surface area contributed by atoms with Crippen molar-refractivity contribution in [3.05, 3.63) is 28.6 Å². The summed E-state index contributed by atoms with van der Waals surface area (Å²) in [5, 5.41) is 4.69. The number of anilines is 1. The Morgan fingerprint density at radius 2 is 2.12 bits per heavy atom. The van der Waals surface area contributed by atoms with Gasteiger partial charge in [0.25, 0.3) is 0 Å². The average Bonchev–Trinajstić information content (AvgIpc) is 2.55. The molecule has 0 atom stereocenters. The maximum absolute atomic E-state index is 12.1. The van der Waals surface area contributed by atoms with Crippen LogP contribution in [0.1, 0.15) is 35.5 Å². The third-order valence-electron chi connectivity index (χ3n) is 3.16. The quantitative estimate of drug-likeness (QED) is 0.760. The van der Waals surface area contributed by atoms with Crippen LogP contribution < -0.4 is 5.32 Å². The van der Waals surface area contributed by atoms with Gasteiger partial charge < -0.3 is 5.32 Å². The fourth-order valence-corrected chi connectivity index (χ4v) is 3.47. The number of ketones is 1. The second-order valence-corrected chi connectivity index (χ2v) is 6.47. The maximum atomic E-state index is 12.1. The van der Waals surface area contributed by atoms with Gasteiger partial charge in [-0.3, -0.25) is 4.79 Å². The molecule has 1 aliphatic rings. The summed E-state index contributed by atoms with van der Waals surface area (Å²) < 4.78 is 1.19. The van der Waals surface area contributed by atoms with Crippen molar-refractivity contribution in [3.63, 3.8) is 0 Å². The summed E-state index contributed by atoms with van der Waals surface area (Å²) in [5.41, 5.74) is 2.13. The SMILES string of the molecule is Cc1ccc2sc3c(c2c1)NC(C)(C)CC3=O. The summed E-state index contributed by atoms with van der Waals surface area (Å²) >= 11 is 1.61. The van der Waals surface area contributed by atoms with Gasteiger partial charge in [-0.05, 0) is 32.9 Å². The highest BCUT2D eigenvalue weighted by Gasteiger charge is 2.32. The minimum atomic E-state index is -0.137. The van der Waals surface area contributed by atoms with Crippen LogP contribution in [0.15, 0.2) is 18.2 Å². The first-order valence-corrected chi connectivity index (χ1v) is 6.62. The molecule has 2 nitrogen and oxygen atoms in total. The summed E-state index contributed by atoms with van der Waals surface area (Å²) in [5.74, 6) is 0.266. The van der Waals surface area contributed by atoms with E-state index in [4.69, 9.17) is 0 Å². The van der Waals surface area contributed by atoms with E-state index in [0.717, 1.165) is 10.6 Å². The Kier molecular flexibility index (Phi) is 2.11. The minimum Gasteiger partial charge on any atom is -0.378 e. The van der Waals surface area contributed by atoms with Crippen molar-refractivity contribution in [2.75, 3.05) is 5.32 Å². The molecule has 0 saturated heterocycles. The summed E-state index contributed by atoms with van der Waals surface area (Å²) in [6.45, 7) is 6.24. The molecule has 0 radical (unpaired) electrons. The first-order valence-electron chi connectivity index (χ1n) is 5.81. The maximum Gasteiger partial charge on any atom is 0.177 e. The van der Waals surface area contributed by atoms with Crippen molar-refractivity contribution in [2.45, 2.75) is 32.7 Å². The molecular weight excluding hydrogens is 230 g/mol. The fourth-order valence-electron chi connectivity index (χ4n) is 2.40. The third-order valence-corrected chi connectivity index (χ3v) is 4.37. The first kappa shape index (κ1) is 10.8. The number of fused-ring (bicyclic) bond motifs is 3. The molecule has 1 aliphatic heterocycles. The van der Waals surface area contributed by atoms with Gasteiger partial charge in [0.1, 0.15) is 0 Å². The van der Waals surface area contributed by atoms with Gasteiger partial charge in [0.15, 0.2) is 5.78 Å². The second-order valence-electron chi connectivity index (χ2n) is 5.41. The van der Waals surface area contributed by atoms with E-state index < -0.39 is 0 Å². The van der Waals surface area contributed by atoms with Gasteiger partial charge in [0, 0.05) is 22.0 Å². The number of aryl methyl sites for hydroxylation is 1. The Hall–Kier alpha value is -1.35. The molecule has 1 aromatic carbocycles. The van der Waals surface area contributed by atoms with E-state index in [2.05, 4.69) is 44.3 Å². The molecule has 0 bridgehead atoms. The zero-order valence-corrected chi connectivity index (χ0v) is 11.1. The molecule has 0 fully saturated rings. The Balaban J connectivity index is 2.30. The van der Waals surface area contributed by atoms with E-state index >= 15 is 0 Å². The topological polar surface area (TPSA) is 29.1 Å². The van der Waals surface area contributed by atoms with Gasteiger partial charge in [-0.15, -0.1) is 11.3 Å². The molecule has 0 saturated carbocycles. The number of thiophene rings is 1. The van der Waals surface area contributed by atoms with Crippen LogP contribution in [0.5, 0.6) is 0 Å². The van der Waals surface area contributed by atoms with Crippen LogP contribution in [0, 0.1) is 6.92 Å². The van der Waals surface area contributed by atoms with Crippen LogP contribution in [-0.4, -0.2) is 11.3 Å². The third kappa shape index (κ3) is 1.65. The van der Waals surface area contributed by atoms with E-state index in [9.17, 15) is 4.79 Å². The summed E-state index contributed by atoms with van der Waals surface area (Å²) in [6.07, 6.45) is 0.575. The van der Waals surface area contributed by atoms with E-state index in [1.807, 2.05) is 0 Å². The number of hydrogen-bond acceptors (Lipinski definition) is 3. The molecule has 0 spiro atoms. The van der Waals surface area contributed by atoms with E-state index in [0.29, 0.717) is 6.42 Å². The van der Waals surface area contributed by atoms with E-state index in [1.54, 1.807) is 11.3 Å². The zero-order chi connectivity index (χ0) is 12.2. The number of hydrogen-bond donors (Lipinski definition) is 1. The van der Waals surface area contributed by atoms with E-state index in [1.165, 1.54) is 15.6 Å². The van der Waals surface area contributed by atoms with Gasteiger partial charge in [0.05, 0.1) is 10.6 Å². The van der Waals surface area contributed by atoms with Crippen molar-refractivity contribution >= 4 is 32.9 Å². The molecule has 2 aromatic rings. The number of benzene rings is 1. The molecule has 3 rings (SSSR count). The van der Waals surface area contributed by atoms with Gasteiger partial charge in [-0.1, -0.05) is 11.6 Å². The number of nitrogens with one attached hydrogen (secondary N) is 1. The molecule has 0 aliphatic carbocycles. The summed E-state index contributed by atoms with van der Waals surface area (Å²) in [4.78, 5) is 13.0. The van der Waals surface area contributed by atoms with Gasteiger partial charge in [-0.2, -0.15) is 0 Å². The van der Waals surface area contributed by atoms with Crippen LogP contribution >= 0.6 is 11.3 Å². The highest BCUT2D eigenvalue weighted by molar-refractivity contribution is 7.21. The monoisotopic (exact) mass is 245 g/mol. The second kappa shape index (κ2) is 3.33. The first-order chi connectivity index (χ1) is 7.96. The lowest BCUT2D eigenvalue weighted by Crippen LogP contribution is -2.37. The van der Waals surface area contributed by atoms with Crippen molar-refractivity contribution in [1.29, 1.82) is 0 Å². The van der Waals surface area contributed by atoms with Crippen molar-refractivity contribution in [1.82, 2.24) is 0 Å². The largest absolute Gasteiger partial charge is 0.378 e. The number of carbonyl (C=O) groups excluding carboxylic acids is 1. The normalized spacial score (nSPS) is 17.9. The highest BCUT2D eigenvalue weighted by atomic mass is 32.1. The lowest BCUT2D eigenvalue weighted by Gasteiger charge is -2.31. The molecule has 1 aromatic heterocycles. The standard InChI is InChI=1S/C14H15NOS/c1-8-4-5-11-9(6-8)12-13(17-11)10(16)7-14(2,3)15-12/h4-6,15H,7H2,1-3H3. The van der Waals surface area contributed by atoms with Gasteiger partial charge in [0.2, 0.25) is 0 Å². The number of rotatable bonds is 0. The number of Topliss-reactive ketones (excluding diaryl/α,β-unsaturated/α-hetero) is 1. The summed E-state index contributed by atoms with van der Waals surface area (Å²) in [7, 11) is 0. The molecule has 2 heterocycles. The van der Waals surface area contributed by atoms with Crippen LogP contribution in [0.2, 0.25) is 0 Å². The fraction of sp³-hybridized carbons (Fsp3) is 0.357. The molecule has 1 N–H and O–H groups in total. The Morgan fingerprint density at radius 1 is 1.35 bits per heavy atom. The van der Waals surface area contributed by atoms with Crippen LogP contribution in [0.25, 0.3) is 10.1 Å². The highest BCUT2D eigenvalue weighted by Crippen LogP contribution is 2.42. The molecular formula is C14H15NOS. The van der Waals surface area contributed by atoms with Crippen LogP contribution in [0.4, 0.5) is 5.69 Å². The van der Waals surface area contributed by atoms with Gasteiger partial charge in [-0.25, -0.2) is 0 Å². The van der Waals surface area contributed by atoms with Gasteiger partial charge >= 0.3 is 0 Å². The Morgan fingerprint density at radius 3 is 2.88 bits per heavy atom. The predicted molar refractivity (Wildman–Crippen MR) is 73.2 cm³/mol. The lowest BCUT2D eigenvalue weighted by molar-refractivity contribution is 0.0963. The predicted octanol–water partition coefficient (Wildman–Crippen LogP) is 3.99. The van der Waals surface area contributed by atoms with E-state index in [-0.39, 0.29) is 11.3 Å². The van der Waals surface area contributed by atoms with Crippen LogP contribution in [0.3, 0.4) is 0 Å². The minimum absolute atomic E-state index is 0.137. The van der Waals surface area contributed by atoms with Crippen molar-refractivity contribution < 1.29 is 4.79 Å². The lowest BCUT2D eigenvalue weighted by atomic mass is 9.91. The zero-order valence-electron chi connectivity index (χ0n) is 10.3. The Labute approximate surface area is 105 Å². The summed E-state index contributed by atoms with van der Waals surface area (Å²) in [6, 6.07) is 6.36. The smallest absolute Gasteiger partial charge is 0.177 e. The number of carbonyl (C=O) groups is 1. The molecule has 0 amide bonds. The molecule has 0 unspecified atom stereocenters. The Bertz CT molecular complexity index is 624. The molecule has 88 valence electrons. The van der Waals surface area contributed by atoms with Crippen molar-refractivity contribution in [3.8, 4) is 0 Å². The molecule has 3 heteroatoms. The molecule has 17 heavy (non-hydrogen) atoms.